The molecule has 0 fully saturated rings. The summed E-state index contributed by atoms with van der Waals surface area (Å²) in [7, 11) is -3.83. The standard InChI is InChI=1S/C21H21N3O5S/c1-13-9-14(2)11-18(10-13)23-30(27,28)20-12-17(6-5-15(20)3)7-8-19-21(24(25)26)16(4)22-29-19/h5-12,23H,1-4H3. The molecule has 0 atom stereocenters. The predicted molar refractivity (Wildman–Crippen MR) is 115 cm³/mol. The van der Waals surface area contributed by atoms with Gasteiger partial charge in [0.05, 0.1) is 9.82 Å². The second kappa shape index (κ2) is 8.11. The molecule has 3 aromatic rings. The van der Waals surface area contributed by atoms with Crippen molar-refractivity contribution in [2.75, 3.05) is 4.72 Å². The van der Waals surface area contributed by atoms with Gasteiger partial charge in [0, 0.05) is 5.69 Å². The third-order valence-corrected chi connectivity index (χ3v) is 5.97. The van der Waals surface area contributed by atoms with Crippen molar-refractivity contribution in [2.24, 2.45) is 0 Å². The number of rotatable bonds is 6. The maximum absolute atomic E-state index is 13.0. The van der Waals surface area contributed by atoms with Crippen LogP contribution < -0.4 is 4.72 Å². The van der Waals surface area contributed by atoms with Gasteiger partial charge in [-0.3, -0.25) is 14.8 Å². The van der Waals surface area contributed by atoms with E-state index in [0.29, 0.717) is 16.8 Å². The molecular formula is C21H21N3O5S. The average molecular weight is 427 g/mol. The van der Waals surface area contributed by atoms with Crippen LogP contribution in [0, 0.1) is 37.8 Å². The van der Waals surface area contributed by atoms with E-state index in [1.807, 2.05) is 19.9 Å². The molecule has 0 amide bonds. The highest BCUT2D eigenvalue weighted by Gasteiger charge is 2.22. The zero-order valence-electron chi connectivity index (χ0n) is 17.0. The fourth-order valence-corrected chi connectivity index (χ4v) is 4.46. The molecule has 2 aromatic carbocycles. The van der Waals surface area contributed by atoms with Crippen LogP contribution in [-0.2, 0) is 10.0 Å². The van der Waals surface area contributed by atoms with Crippen LogP contribution in [0.5, 0.6) is 0 Å². The van der Waals surface area contributed by atoms with E-state index in [2.05, 4.69) is 9.88 Å². The number of sulfonamides is 1. The van der Waals surface area contributed by atoms with Gasteiger partial charge in [-0.25, -0.2) is 8.42 Å². The van der Waals surface area contributed by atoms with Gasteiger partial charge in [0.2, 0.25) is 5.76 Å². The molecule has 156 valence electrons. The molecule has 9 heteroatoms. The molecule has 1 heterocycles. The Hall–Kier alpha value is -3.46. The number of hydrogen-bond acceptors (Lipinski definition) is 6. The molecule has 30 heavy (non-hydrogen) atoms. The van der Waals surface area contributed by atoms with E-state index in [-0.39, 0.29) is 22.0 Å². The Balaban J connectivity index is 1.94. The van der Waals surface area contributed by atoms with Gasteiger partial charge in [-0.05, 0) is 74.2 Å². The highest BCUT2D eigenvalue weighted by Crippen LogP contribution is 2.26. The van der Waals surface area contributed by atoms with Crippen molar-refractivity contribution < 1.29 is 17.9 Å². The molecule has 0 saturated heterocycles. The van der Waals surface area contributed by atoms with Crippen molar-refractivity contribution in [3.63, 3.8) is 0 Å². The molecule has 0 radical (unpaired) electrons. The van der Waals surface area contributed by atoms with Crippen molar-refractivity contribution >= 4 is 33.6 Å². The van der Waals surface area contributed by atoms with E-state index in [0.717, 1.165) is 11.1 Å². The minimum absolute atomic E-state index is 0.00385. The van der Waals surface area contributed by atoms with Gasteiger partial charge in [0.15, 0.2) is 5.69 Å². The van der Waals surface area contributed by atoms with Crippen molar-refractivity contribution in [3.8, 4) is 0 Å². The van der Waals surface area contributed by atoms with Crippen LogP contribution in [0.2, 0.25) is 0 Å². The summed E-state index contributed by atoms with van der Waals surface area (Å²) < 4.78 is 33.5. The molecule has 0 spiro atoms. The minimum atomic E-state index is -3.83. The second-order valence-electron chi connectivity index (χ2n) is 7.08. The van der Waals surface area contributed by atoms with Gasteiger partial charge in [-0.15, -0.1) is 0 Å². The van der Waals surface area contributed by atoms with E-state index in [1.165, 1.54) is 19.1 Å². The second-order valence-corrected chi connectivity index (χ2v) is 8.73. The van der Waals surface area contributed by atoms with E-state index in [1.54, 1.807) is 37.3 Å². The number of anilines is 1. The van der Waals surface area contributed by atoms with E-state index < -0.39 is 14.9 Å². The fourth-order valence-electron chi connectivity index (χ4n) is 3.14. The molecule has 1 N–H and O–H groups in total. The van der Waals surface area contributed by atoms with E-state index in [9.17, 15) is 18.5 Å². The zero-order chi connectivity index (χ0) is 22.1. The van der Waals surface area contributed by atoms with E-state index >= 15 is 0 Å². The normalized spacial score (nSPS) is 11.7. The lowest BCUT2D eigenvalue weighted by Crippen LogP contribution is -2.14. The molecule has 0 aliphatic heterocycles. The highest BCUT2D eigenvalue weighted by atomic mass is 32.2. The molecule has 0 saturated carbocycles. The van der Waals surface area contributed by atoms with Gasteiger partial charge in [-0.1, -0.05) is 29.4 Å². The summed E-state index contributed by atoms with van der Waals surface area (Å²) >= 11 is 0. The summed E-state index contributed by atoms with van der Waals surface area (Å²) in [5.74, 6) is -0.00385. The SMILES string of the molecule is Cc1cc(C)cc(NS(=O)(=O)c2cc(C=Cc3onc(C)c3[N+](=O)[O-])ccc2C)c1. The Morgan fingerprint density at radius 2 is 1.70 bits per heavy atom. The Morgan fingerprint density at radius 3 is 2.33 bits per heavy atom. The van der Waals surface area contributed by atoms with Crippen molar-refractivity contribution in [3.05, 3.63) is 80.2 Å². The fraction of sp³-hybridized carbons (Fsp3) is 0.190. The monoisotopic (exact) mass is 427 g/mol. The molecule has 8 nitrogen and oxygen atoms in total. The highest BCUT2D eigenvalue weighted by molar-refractivity contribution is 7.92. The van der Waals surface area contributed by atoms with Gasteiger partial charge >= 0.3 is 5.69 Å². The number of nitrogens with zero attached hydrogens (tertiary/aromatic N) is 2. The molecule has 1 aromatic heterocycles. The molecular weight excluding hydrogens is 406 g/mol. The van der Waals surface area contributed by atoms with Crippen molar-refractivity contribution in [2.45, 2.75) is 32.6 Å². The summed E-state index contributed by atoms with van der Waals surface area (Å²) in [4.78, 5) is 10.7. The molecule has 3 rings (SSSR count). The van der Waals surface area contributed by atoms with Crippen molar-refractivity contribution in [1.29, 1.82) is 0 Å². The summed E-state index contributed by atoms with van der Waals surface area (Å²) in [6.45, 7) is 6.97. The van der Waals surface area contributed by atoms with Gasteiger partial charge in [0.1, 0.15) is 0 Å². The Morgan fingerprint density at radius 1 is 1.03 bits per heavy atom. The van der Waals surface area contributed by atoms with Crippen LogP contribution in [0.1, 0.15) is 33.7 Å². The first-order chi connectivity index (χ1) is 14.1. The third-order valence-electron chi connectivity index (χ3n) is 4.44. The first-order valence-corrected chi connectivity index (χ1v) is 10.6. The summed E-state index contributed by atoms with van der Waals surface area (Å²) in [5, 5.41) is 14.8. The molecule has 0 aliphatic rings. The van der Waals surface area contributed by atoms with Crippen molar-refractivity contribution in [1.82, 2.24) is 5.16 Å². The van der Waals surface area contributed by atoms with E-state index in [4.69, 9.17) is 4.52 Å². The lowest BCUT2D eigenvalue weighted by Gasteiger charge is -2.12. The Labute approximate surface area is 174 Å². The van der Waals surface area contributed by atoms with Gasteiger partial charge < -0.3 is 4.52 Å². The number of benzene rings is 2. The predicted octanol–water partition coefficient (Wildman–Crippen LogP) is 4.79. The lowest BCUT2D eigenvalue weighted by molar-refractivity contribution is -0.386. The maximum atomic E-state index is 13.0. The summed E-state index contributed by atoms with van der Waals surface area (Å²) in [6, 6.07) is 10.4. The summed E-state index contributed by atoms with van der Waals surface area (Å²) in [6.07, 6.45) is 2.94. The van der Waals surface area contributed by atoms with Crippen LogP contribution in [0.3, 0.4) is 0 Å². The molecule has 0 bridgehead atoms. The van der Waals surface area contributed by atoms with Crippen LogP contribution in [-0.4, -0.2) is 18.5 Å². The van der Waals surface area contributed by atoms with Crippen LogP contribution in [0.4, 0.5) is 11.4 Å². The maximum Gasteiger partial charge on any atom is 0.338 e. The smallest absolute Gasteiger partial charge is 0.338 e. The number of aryl methyl sites for hydroxylation is 4. The van der Waals surface area contributed by atoms with Gasteiger partial charge in [-0.2, -0.15) is 0 Å². The number of nitro groups is 1. The number of hydrogen-bond donors (Lipinski definition) is 1. The first kappa shape index (κ1) is 21.3. The molecule has 0 unspecified atom stereocenters. The van der Waals surface area contributed by atoms with Crippen LogP contribution >= 0.6 is 0 Å². The van der Waals surface area contributed by atoms with Crippen LogP contribution in [0.25, 0.3) is 12.2 Å². The molecule has 0 aliphatic carbocycles. The number of aromatic nitrogens is 1. The third kappa shape index (κ3) is 4.57. The Bertz CT molecular complexity index is 1240. The van der Waals surface area contributed by atoms with Gasteiger partial charge in [0.25, 0.3) is 10.0 Å². The first-order valence-electron chi connectivity index (χ1n) is 9.07. The summed E-state index contributed by atoms with van der Waals surface area (Å²) in [5.41, 5.74) is 3.46. The minimum Gasteiger partial charge on any atom is -0.349 e. The number of nitrogens with one attached hydrogen (secondary N) is 1. The average Bonchev–Trinajstić information content (AvgIpc) is 3.00. The quantitative estimate of drug-likeness (QED) is 0.447. The topological polar surface area (TPSA) is 115 Å². The lowest BCUT2D eigenvalue weighted by atomic mass is 10.1. The van der Waals surface area contributed by atoms with Crippen LogP contribution in [0.15, 0.2) is 45.8 Å². The zero-order valence-corrected chi connectivity index (χ0v) is 17.8. The largest absolute Gasteiger partial charge is 0.349 e. The Kier molecular flexibility index (Phi) is 5.75.